The molecular formula is C20H26FNO3. The molecule has 1 aromatic carbocycles. The third kappa shape index (κ3) is 3.70. The Balaban J connectivity index is 1.65. The van der Waals surface area contributed by atoms with Crippen molar-refractivity contribution in [1.82, 2.24) is 4.90 Å². The fraction of sp³-hybridized carbons (Fsp3) is 0.600. The predicted octanol–water partition coefficient (Wildman–Crippen LogP) is 3.62. The van der Waals surface area contributed by atoms with Crippen LogP contribution in [0, 0.1) is 11.3 Å². The summed E-state index contributed by atoms with van der Waals surface area (Å²) in [5.74, 6) is -0.618. The van der Waals surface area contributed by atoms with Crippen LogP contribution < -0.4 is 0 Å². The largest absolute Gasteiger partial charge is 0.481 e. The lowest BCUT2D eigenvalue weighted by Gasteiger charge is -2.44. The average molecular weight is 347 g/mol. The molecule has 5 heteroatoms. The zero-order chi connectivity index (χ0) is 17.9. The summed E-state index contributed by atoms with van der Waals surface area (Å²) in [5.41, 5.74) is 0.293. The van der Waals surface area contributed by atoms with Gasteiger partial charge in [0.15, 0.2) is 0 Å². The van der Waals surface area contributed by atoms with E-state index in [0.717, 1.165) is 24.8 Å². The molecule has 1 unspecified atom stereocenters. The van der Waals surface area contributed by atoms with Gasteiger partial charge in [0.2, 0.25) is 5.91 Å². The van der Waals surface area contributed by atoms with Gasteiger partial charge in [-0.3, -0.25) is 9.59 Å². The fourth-order valence-corrected chi connectivity index (χ4v) is 4.29. The summed E-state index contributed by atoms with van der Waals surface area (Å²) in [7, 11) is 0. The first-order valence-electron chi connectivity index (χ1n) is 9.18. The van der Waals surface area contributed by atoms with Gasteiger partial charge in [0, 0.05) is 13.1 Å². The lowest BCUT2D eigenvalue weighted by molar-refractivity contribution is -0.150. The van der Waals surface area contributed by atoms with E-state index in [-0.39, 0.29) is 24.2 Å². The quantitative estimate of drug-likeness (QED) is 0.855. The van der Waals surface area contributed by atoms with E-state index in [1.165, 1.54) is 0 Å². The van der Waals surface area contributed by atoms with Gasteiger partial charge in [0.1, 0.15) is 6.67 Å². The normalized spacial score (nSPS) is 21.4. The Morgan fingerprint density at radius 1 is 1.20 bits per heavy atom. The molecule has 1 aliphatic carbocycles. The van der Waals surface area contributed by atoms with Crippen LogP contribution in [0.3, 0.4) is 0 Å². The van der Waals surface area contributed by atoms with Gasteiger partial charge in [-0.2, -0.15) is 0 Å². The number of hydrogen-bond acceptors (Lipinski definition) is 2. The van der Waals surface area contributed by atoms with Gasteiger partial charge in [-0.25, -0.2) is 4.39 Å². The van der Waals surface area contributed by atoms with Crippen LogP contribution in [0.25, 0.3) is 0 Å². The Bertz CT molecular complexity index is 601. The molecule has 0 radical (unpaired) electrons. The number of carboxylic acids is 1. The van der Waals surface area contributed by atoms with Gasteiger partial charge >= 0.3 is 5.97 Å². The molecule has 1 aliphatic heterocycles. The van der Waals surface area contributed by atoms with E-state index in [9.17, 15) is 19.1 Å². The molecule has 2 fully saturated rings. The summed E-state index contributed by atoms with van der Waals surface area (Å²) < 4.78 is 13.4. The Morgan fingerprint density at radius 3 is 2.32 bits per heavy atom. The second-order valence-corrected chi connectivity index (χ2v) is 7.51. The molecule has 3 rings (SSSR count). The molecule has 1 N–H and O–H groups in total. The van der Waals surface area contributed by atoms with Gasteiger partial charge in [-0.15, -0.1) is 0 Å². The number of aliphatic carboxylic acids is 1. The maximum atomic E-state index is 13.4. The number of piperidine rings is 1. The number of amides is 1. The van der Waals surface area contributed by atoms with Gasteiger partial charge < -0.3 is 10.0 Å². The summed E-state index contributed by atoms with van der Waals surface area (Å²) in [4.78, 5) is 25.8. The monoisotopic (exact) mass is 347 g/mol. The SMILES string of the molecule is O=C(O)CC(c1ccccc1)C1CCN(C(=O)C2(CF)CCC2)CC1. The van der Waals surface area contributed by atoms with Crippen LogP contribution in [0.2, 0.25) is 0 Å². The molecule has 0 bridgehead atoms. The number of carbonyl (C=O) groups is 2. The first kappa shape index (κ1) is 17.9. The van der Waals surface area contributed by atoms with E-state index in [1.54, 1.807) is 4.90 Å². The van der Waals surface area contributed by atoms with Crippen LogP contribution in [-0.4, -0.2) is 41.6 Å². The molecule has 25 heavy (non-hydrogen) atoms. The van der Waals surface area contributed by atoms with Crippen LogP contribution >= 0.6 is 0 Å². The van der Waals surface area contributed by atoms with Crippen LogP contribution in [0.5, 0.6) is 0 Å². The van der Waals surface area contributed by atoms with E-state index >= 15 is 0 Å². The van der Waals surface area contributed by atoms with Crippen molar-refractivity contribution < 1.29 is 19.1 Å². The maximum Gasteiger partial charge on any atom is 0.303 e. The Hall–Kier alpha value is -1.91. The molecule has 136 valence electrons. The molecule has 0 spiro atoms. The number of rotatable bonds is 6. The van der Waals surface area contributed by atoms with Crippen molar-refractivity contribution in [1.29, 1.82) is 0 Å². The van der Waals surface area contributed by atoms with E-state index in [4.69, 9.17) is 0 Å². The van der Waals surface area contributed by atoms with Crippen LogP contribution in [0.4, 0.5) is 4.39 Å². The lowest BCUT2D eigenvalue weighted by atomic mass is 9.68. The first-order valence-corrected chi connectivity index (χ1v) is 9.18. The lowest BCUT2D eigenvalue weighted by Crippen LogP contribution is -2.51. The van der Waals surface area contributed by atoms with Crippen molar-refractivity contribution in [3.8, 4) is 0 Å². The standard InChI is InChI=1S/C20H26FNO3/c21-14-20(9-4-10-20)19(25)22-11-7-16(8-12-22)17(13-18(23)24)15-5-2-1-3-6-15/h1-3,5-6,16-17H,4,7-14H2,(H,23,24). The van der Waals surface area contributed by atoms with Gasteiger partial charge in [0.05, 0.1) is 11.8 Å². The predicted molar refractivity (Wildman–Crippen MR) is 93.0 cm³/mol. The molecule has 2 aliphatic rings. The van der Waals surface area contributed by atoms with Gasteiger partial charge in [-0.1, -0.05) is 36.8 Å². The van der Waals surface area contributed by atoms with Crippen LogP contribution in [0.15, 0.2) is 30.3 Å². The summed E-state index contributed by atoms with van der Waals surface area (Å²) in [6, 6.07) is 9.77. The molecule has 1 atom stereocenters. The fourth-order valence-electron chi connectivity index (χ4n) is 4.29. The minimum Gasteiger partial charge on any atom is -0.481 e. The van der Waals surface area contributed by atoms with Crippen molar-refractivity contribution in [3.05, 3.63) is 35.9 Å². The molecule has 1 amide bonds. The maximum absolute atomic E-state index is 13.4. The van der Waals surface area contributed by atoms with Gasteiger partial charge in [-0.05, 0) is 43.1 Å². The molecule has 0 aromatic heterocycles. The summed E-state index contributed by atoms with van der Waals surface area (Å²) in [6.07, 6.45) is 3.92. The number of benzene rings is 1. The minimum atomic E-state index is -0.793. The molecule has 1 aromatic rings. The van der Waals surface area contributed by atoms with E-state index in [2.05, 4.69) is 0 Å². The topological polar surface area (TPSA) is 57.6 Å². The van der Waals surface area contributed by atoms with E-state index in [1.807, 2.05) is 30.3 Å². The number of carboxylic acid groups (broad SMARTS) is 1. The number of hydrogen-bond donors (Lipinski definition) is 1. The molecule has 1 saturated carbocycles. The smallest absolute Gasteiger partial charge is 0.303 e. The number of carbonyl (C=O) groups excluding carboxylic acids is 1. The number of likely N-dealkylation sites (tertiary alicyclic amines) is 1. The number of halogens is 1. The highest BCUT2D eigenvalue weighted by Gasteiger charge is 2.47. The highest BCUT2D eigenvalue weighted by molar-refractivity contribution is 5.84. The van der Waals surface area contributed by atoms with Gasteiger partial charge in [0.25, 0.3) is 0 Å². The van der Waals surface area contributed by atoms with Crippen molar-refractivity contribution in [3.63, 3.8) is 0 Å². The average Bonchev–Trinajstić information content (AvgIpc) is 2.60. The first-order chi connectivity index (χ1) is 12.1. The summed E-state index contributed by atoms with van der Waals surface area (Å²) >= 11 is 0. The number of alkyl halides is 1. The Morgan fingerprint density at radius 2 is 1.84 bits per heavy atom. The van der Waals surface area contributed by atoms with E-state index in [0.29, 0.717) is 25.9 Å². The third-order valence-electron chi connectivity index (χ3n) is 6.04. The van der Waals surface area contributed by atoms with Crippen LogP contribution in [-0.2, 0) is 9.59 Å². The summed E-state index contributed by atoms with van der Waals surface area (Å²) in [6.45, 7) is 0.653. The molecule has 1 heterocycles. The van der Waals surface area contributed by atoms with Crippen molar-refractivity contribution >= 4 is 11.9 Å². The zero-order valence-electron chi connectivity index (χ0n) is 14.5. The van der Waals surface area contributed by atoms with Crippen molar-refractivity contribution in [2.75, 3.05) is 19.8 Å². The van der Waals surface area contributed by atoms with E-state index < -0.39 is 18.1 Å². The summed E-state index contributed by atoms with van der Waals surface area (Å²) in [5, 5.41) is 9.29. The second kappa shape index (κ2) is 7.54. The molecular weight excluding hydrogens is 321 g/mol. The number of nitrogens with zero attached hydrogens (tertiary/aromatic N) is 1. The third-order valence-corrected chi connectivity index (χ3v) is 6.04. The molecule has 4 nitrogen and oxygen atoms in total. The van der Waals surface area contributed by atoms with Crippen LogP contribution in [0.1, 0.15) is 50.0 Å². The Kier molecular flexibility index (Phi) is 5.40. The minimum absolute atomic E-state index is 0.0326. The van der Waals surface area contributed by atoms with Crippen molar-refractivity contribution in [2.24, 2.45) is 11.3 Å². The highest BCUT2D eigenvalue weighted by atomic mass is 19.1. The highest BCUT2D eigenvalue weighted by Crippen LogP contribution is 2.44. The molecule has 1 saturated heterocycles. The zero-order valence-corrected chi connectivity index (χ0v) is 14.5. The van der Waals surface area contributed by atoms with Crippen molar-refractivity contribution in [2.45, 2.75) is 44.4 Å². The Labute approximate surface area is 148 Å². The second-order valence-electron chi connectivity index (χ2n) is 7.51.